The third kappa shape index (κ3) is 4.79. The first kappa shape index (κ1) is 22.6. The van der Waals surface area contributed by atoms with Crippen molar-refractivity contribution in [1.82, 2.24) is 10.2 Å². The fraction of sp³-hybridized carbons (Fsp3) is 0.400. The maximum atomic E-state index is 12.6. The lowest BCUT2D eigenvalue weighted by molar-refractivity contribution is -0.141. The molecule has 0 aromatic heterocycles. The van der Waals surface area contributed by atoms with Crippen LogP contribution in [0.4, 0.5) is 9.59 Å². The summed E-state index contributed by atoms with van der Waals surface area (Å²) in [5.74, 6) is -2.14. The van der Waals surface area contributed by atoms with Gasteiger partial charge >= 0.3 is 18.2 Å². The van der Waals surface area contributed by atoms with Crippen LogP contribution in [0.25, 0.3) is 11.1 Å². The molecular weight excluding hydrogens is 424 g/mol. The molecule has 4 rings (SSSR count). The molecule has 33 heavy (non-hydrogen) atoms. The second-order valence-electron chi connectivity index (χ2n) is 9.41. The van der Waals surface area contributed by atoms with Gasteiger partial charge in [-0.3, -0.25) is 4.79 Å². The third-order valence-corrected chi connectivity index (χ3v) is 5.94. The number of nitrogens with zero attached hydrogens (tertiary/aromatic N) is 1. The number of hydrogen-bond acceptors (Lipinski definition) is 5. The van der Waals surface area contributed by atoms with E-state index in [2.05, 4.69) is 17.4 Å². The number of hydrogen-bond donors (Lipinski definition) is 2. The summed E-state index contributed by atoms with van der Waals surface area (Å²) in [6, 6.07) is 15.3. The number of rotatable bonds is 4. The molecule has 2 N–H and O–H groups in total. The van der Waals surface area contributed by atoms with Crippen molar-refractivity contribution in [3.05, 3.63) is 59.7 Å². The van der Waals surface area contributed by atoms with Crippen molar-refractivity contribution in [2.75, 3.05) is 19.7 Å². The van der Waals surface area contributed by atoms with Crippen molar-refractivity contribution in [2.24, 2.45) is 5.92 Å². The minimum absolute atomic E-state index is 0.0378. The zero-order chi connectivity index (χ0) is 23.8. The molecule has 0 saturated carbocycles. The van der Waals surface area contributed by atoms with E-state index >= 15 is 0 Å². The summed E-state index contributed by atoms with van der Waals surface area (Å²) in [5, 5.41) is 12.2. The molecule has 2 aromatic carbocycles. The van der Waals surface area contributed by atoms with E-state index in [0.717, 1.165) is 22.3 Å². The minimum atomic E-state index is -1.09. The Morgan fingerprint density at radius 1 is 1.00 bits per heavy atom. The smallest absolute Gasteiger partial charge is 0.410 e. The van der Waals surface area contributed by atoms with Crippen LogP contribution in [0.2, 0.25) is 0 Å². The monoisotopic (exact) mass is 452 g/mol. The van der Waals surface area contributed by atoms with Crippen LogP contribution in [0.15, 0.2) is 48.5 Å². The van der Waals surface area contributed by atoms with E-state index in [0.29, 0.717) is 0 Å². The van der Waals surface area contributed by atoms with Gasteiger partial charge in [0.05, 0.1) is 12.0 Å². The second-order valence-corrected chi connectivity index (χ2v) is 9.41. The molecule has 174 valence electrons. The number of aliphatic carboxylic acids is 1. The molecule has 2 aromatic rings. The standard InChI is InChI=1S/C25H28N2O6/c1-25(2,3)33-24(31)27-12-19(22(28)29)21(13-27)26-23(30)32-14-20-17-10-6-4-8-15(17)16-9-5-7-11-18(16)20/h4-11,19-21H,12-14H2,1-3H3,(H,26,30)(H,28,29). The van der Waals surface area contributed by atoms with Gasteiger partial charge < -0.3 is 24.8 Å². The molecule has 8 nitrogen and oxygen atoms in total. The van der Waals surface area contributed by atoms with E-state index in [1.54, 1.807) is 20.8 Å². The average Bonchev–Trinajstić information content (AvgIpc) is 3.31. The molecule has 2 unspecified atom stereocenters. The first-order valence-electron chi connectivity index (χ1n) is 11.0. The molecule has 0 spiro atoms. The van der Waals surface area contributed by atoms with Crippen molar-refractivity contribution < 1.29 is 29.0 Å². The number of likely N-dealkylation sites (tertiary alicyclic amines) is 1. The fourth-order valence-electron chi connectivity index (χ4n) is 4.47. The third-order valence-electron chi connectivity index (χ3n) is 5.94. The van der Waals surface area contributed by atoms with Crippen LogP contribution in [0, 0.1) is 5.92 Å². The number of carbonyl (C=O) groups excluding carboxylic acids is 2. The van der Waals surface area contributed by atoms with Crippen LogP contribution in [-0.4, -0.2) is 59.5 Å². The van der Waals surface area contributed by atoms with Crippen LogP contribution < -0.4 is 5.32 Å². The highest BCUT2D eigenvalue weighted by Crippen LogP contribution is 2.44. The summed E-state index contributed by atoms with van der Waals surface area (Å²) in [6.45, 7) is 5.33. The predicted octanol–water partition coefficient (Wildman–Crippen LogP) is 3.85. The molecule has 0 bridgehead atoms. The number of ether oxygens (including phenoxy) is 2. The molecule has 1 fully saturated rings. The minimum Gasteiger partial charge on any atom is -0.481 e. The fourth-order valence-corrected chi connectivity index (χ4v) is 4.47. The highest BCUT2D eigenvalue weighted by atomic mass is 16.6. The average molecular weight is 453 g/mol. The van der Waals surface area contributed by atoms with Crippen molar-refractivity contribution in [3.8, 4) is 11.1 Å². The Morgan fingerprint density at radius 2 is 1.58 bits per heavy atom. The molecule has 1 aliphatic carbocycles. The molecule has 1 aliphatic heterocycles. The zero-order valence-electron chi connectivity index (χ0n) is 18.9. The van der Waals surface area contributed by atoms with Crippen LogP contribution in [0.3, 0.4) is 0 Å². The number of nitrogens with one attached hydrogen (secondary N) is 1. The lowest BCUT2D eigenvalue weighted by Crippen LogP contribution is -2.44. The topological polar surface area (TPSA) is 105 Å². The summed E-state index contributed by atoms with van der Waals surface area (Å²) in [5.41, 5.74) is 3.72. The molecular formula is C25H28N2O6. The zero-order valence-corrected chi connectivity index (χ0v) is 18.9. The molecule has 1 saturated heterocycles. The first-order valence-corrected chi connectivity index (χ1v) is 11.0. The number of benzene rings is 2. The van der Waals surface area contributed by atoms with E-state index in [4.69, 9.17) is 9.47 Å². The predicted molar refractivity (Wildman–Crippen MR) is 121 cm³/mol. The van der Waals surface area contributed by atoms with E-state index in [9.17, 15) is 19.5 Å². The van der Waals surface area contributed by atoms with Crippen LogP contribution >= 0.6 is 0 Å². The van der Waals surface area contributed by atoms with Crippen molar-refractivity contribution >= 4 is 18.2 Å². The second kappa shape index (κ2) is 8.77. The largest absolute Gasteiger partial charge is 0.481 e. The van der Waals surface area contributed by atoms with Crippen LogP contribution in [0.5, 0.6) is 0 Å². The van der Waals surface area contributed by atoms with Gasteiger partial charge in [-0.05, 0) is 43.0 Å². The summed E-state index contributed by atoms with van der Waals surface area (Å²) in [7, 11) is 0. The van der Waals surface area contributed by atoms with Gasteiger partial charge in [-0.1, -0.05) is 48.5 Å². The Kier molecular flexibility index (Phi) is 6.01. The summed E-state index contributed by atoms with van der Waals surface area (Å²) >= 11 is 0. The maximum absolute atomic E-state index is 12.6. The maximum Gasteiger partial charge on any atom is 0.410 e. The number of amides is 2. The van der Waals surface area contributed by atoms with Gasteiger partial charge in [0.15, 0.2) is 0 Å². The van der Waals surface area contributed by atoms with E-state index < -0.39 is 35.7 Å². The normalized spacial score (nSPS) is 19.5. The Balaban J connectivity index is 1.40. The number of fused-ring (bicyclic) bond motifs is 3. The van der Waals surface area contributed by atoms with Crippen LogP contribution in [-0.2, 0) is 14.3 Å². The number of carbonyl (C=O) groups is 3. The quantitative estimate of drug-likeness (QED) is 0.730. The van der Waals surface area contributed by atoms with Crippen molar-refractivity contribution in [1.29, 1.82) is 0 Å². The van der Waals surface area contributed by atoms with Gasteiger partial charge in [0, 0.05) is 19.0 Å². The van der Waals surface area contributed by atoms with Crippen LogP contribution in [0.1, 0.15) is 37.8 Å². The Bertz CT molecular complexity index is 1030. The number of carboxylic acids is 1. The lowest BCUT2D eigenvalue weighted by Gasteiger charge is -2.24. The van der Waals surface area contributed by atoms with Gasteiger partial charge in [-0.15, -0.1) is 0 Å². The summed E-state index contributed by atoms with van der Waals surface area (Å²) in [6.07, 6.45) is -1.32. The van der Waals surface area contributed by atoms with Gasteiger partial charge in [-0.2, -0.15) is 0 Å². The molecule has 8 heteroatoms. The van der Waals surface area contributed by atoms with E-state index in [1.165, 1.54) is 4.90 Å². The molecule has 2 amide bonds. The van der Waals surface area contributed by atoms with Gasteiger partial charge in [0.2, 0.25) is 0 Å². The van der Waals surface area contributed by atoms with E-state index in [-0.39, 0.29) is 25.6 Å². The highest BCUT2D eigenvalue weighted by molar-refractivity contribution is 5.79. The van der Waals surface area contributed by atoms with Gasteiger partial charge in [0.25, 0.3) is 0 Å². The number of alkyl carbamates (subject to hydrolysis) is 1. The number of carboxylic acid groups (broad SMARTS) is 1. The lowest BCUT2D eigenvalue weighted by atomic mass is 9.98. The Labute approximate surface area is 192 Å². The van der Waals surface area contributed by atoms with E-state index in [1.807, 2.05) is 36.4 Å². The Hall–Kier alpha value is -3.55. The first-order chi connectivity index (χ1) is 15.6. The van der Waals surface area contributed by atoms with Gasteiger partial charge in [-0.25, -0.2) is 9.59 Å². The molecule has 2 atom stereocenters. The van der Waals surface area contributed by atoms with Crippen molar-refractivity contribution in [2.45, 2.75) is 38.3 Å². The molecule has 1 heterocycles. The summed E-state index contributed by atoms with van der Waals surface area (Å²) in [4.78, 5) is 38.0. The Morgan fingerprint density at radius 3 is 2.12 bits per heavy atom. The van der Waals surface area contributed by atoms with Crippen molar-refractivity contribution in [3.63, 3.8) is 0 Å². The summed E-state index contributed by atoms with van der Waals surface area (Å²) < 4.78 is 10.9. The molecule has 0 radical (unpaired) electrons. The highest BCUT2D eigenvalue weighted by Gasteiger charge is 2.42. The molecule has 2 aliphatic rings. The van der Waals surface area contributed by atoms with Gasteiger partial charge in [0.1, 0.15) is 12.2 Å². The SMILES string of the molecule is CC(C)(C)OC(=O)N1CC(NC(=O)OCC2c3ccccc3-c3ccccc32)C(C(=O)O)C1.